The van der Waals surface area contributed by atoms with E-state index >= 15 is 0 Å². The summed E-state index contributed by atoms with van der Waals surface area (Å²) in [5.74, 6) is 0.0373. The molecule has 1 saturated heterocycles. The second kappa shape index (κ2) is 6.17. The zero-order valence-corrected chi connectivity index (χ0v) is 11.6. The lowest BCUT2D eigenvalue weighted by molar-refractivity contribution is -0.174. The van der Waals surface area contributed by atoms with Crippen LogP contribution in [0.5, 0.6) is 0 Å². The van der Waals surface area contributed by atoms with E-state index in [0.29, 0.717) is 6.42 Å². The third-order valence-corrected chi connectivity index (χ3v) is 4.05. The maximum atomic E-state index is 10.3. The van der Waals surface area contributed by atoms with Crippen LogP contribution in [0.2, 0.25) is 0 Å². The Labute approximate surface area is 105 Å². The fraction of sp³-hybridized carbons (Fsp3) is 1.00. The van der Waals surface area contributed by atoms with Crippen LogP contribution in [0.25, 0.3) is 0 Å². The lowest BCUT2D eigenvalue weighted by Gasteiger charge is -2.46. The van der Waals surface area contributed by atoms with E-state index in [4.69, 9.17) is 4.74 Å². The monoisotopic (exact) mass is 244 g/mol. The Morgan fingerprint density at radius 1 is 1.35 bits per heavy atom. The number of hydrogen-bond acceptors (Lipinski definition) is 3. The second-order valence-electron chi connectivity index (χ2n) is 6.09. The number of rotatable bonds is 5. The van der Waals surface area contributed by atoms with E-state index in [1.54, 1.807) is 0 Å². The van der Waals surface area contributed by atoms with Gasteiger partial charge in [0.05, 0.1) is 24.9 Å². The van der Waals surface area contributed by atoms with Crippen LogP contribution >= 0.6 is 0 Å². The van der Waals surface area contributed by atoms with E-state index in [0.717, 1.165) is 19.3 Å². The third kappa shape index (κ3) is 3.67. The van der Waals surface area contributed by atoms with Crippen LogP contribution in [0, 0.1) is 11.3 Å². The van der Waals surface area contributed by atoms with E-state index in [2.05, 4.69) is 20.8 Å². The van der Waals surface area contributed by atoms with Crippen molar-refractivity contribution in [2.75, 3.05) is 6.61 Å². The molecule has 0 aromatic rings. The van der Waals surface area contributed by atoms with Gasteiger partial charge >= 0.3 is 0 Å². The summed E-state index contributed by atoms with van der Waals surface area (Å²) in [5.41, 5.74) is 0.0168. The predicted molar refractivity (Wildman–Crippen MR) is 68.8 cm³/mol. The molecule has 0 radical (unpaired) electrons. The number of aliphatic hydroxyl groups is 2. The minimum absolute atomic E-state index is 0.00161. The van der Waals surface area contributed by atoms with Crippen LogP contribution in [0.15, 0.2) is 0 Å². The number of ether oxygens (including phenoxy) is 1. The summed E-state index contributed by atoms with van der Waals surface area (Å²) in [6.07, 6.45) is 3.52. The maximum Gasteiger partial charge on any atom is 0.0867 e. The molecule has 0 bridgehead atoms. The normalized spacial score (nSPS) is 34.9. The van der Waals surface area contributed by atoms with Gasteiger partial charge in [-0.1, -0.05) is 33.6 Å². The van der Waals surface area contributed by atoms with Crippen LogP contribution in [-0.2, 0) is 4.74 Å². The fourth-order valence-corrected chi connectivity index (χ4v) is 3.15. The second-order valence-corrected chi connectivity index (χ2v) is 6.09. The molecule has 1 heterocycles. The van der Waals surface area contributed by atoms with Gasteiger partial charge in [0.15, 0.2) is 0 Å². The molecular formula is C14H28O3. The largest absolute Gasteiger partial charge is 0.394 e. The zero-order chi connectivity index (χ0) is 13.1. The smallest absolute Gasteiger partial charge is 0.0867 e. The van der Waals surface area contributed by atoms with Gasteiger partial charge in [0, 0.05) is 5.92 Å². The summed E-state index contributed by atoms with van der Waals surface area (Å²) < 4.78 is 5.77. The average Bonchev–Trinajstić information content (AvgIpc) is 2.24. The lowest BCUT2D eigenvalue weighted by Crippen LogP contribution is -2.51. The summed E-state index contributed by atoms with van der Waals surface area (Å²) in [7, 11) is 0. The van der Waals surface area contributed by atoms with Gasteiger partial charge in [-0.25, -0.2) is 0 Å². The van der Waals surface area contributed by atoms with Gasteiger partial charge in [-0.05, 0) is 25.2 Å². The van der Waals surface area contributed by atoms with Crippen molar-refractivity contribution in [3.05, 3.63) is 0 Å². The van der Waals surface area contributed by atoms with Crippen molar-refractivity contribution in [2.24, 2.45) is 11.3 Å². The summed E-state index contributed by atoms with van der Waals surface area (Å²) in [4.78, 5) is 0. The van der Waals surface area contributed by atoms with Crippen molar-refractivity contribution in [3.63, 3.8) is 0 Å². The number of unbranched alkanes of at least 4 members (excludes halogenated alkanes) is 1. The fourth-order valence-electron chi connectivity index (χ4n) is 3.15. The highest BCUT2D eigenvalue weighted by Crippen LogP contribution is 2.42. The van der Waals surface area contributed by atoms with E-state index in [-0.39, 0.29) is 36.3 Å². The van der Waals surface area contributed by atoms with Crippen LogP contribution < -0.4 is 0 Å². The Morgan fingerprint density at radius 2 is 2.00 bits per heavy atom. The van der Waals surface area contributed by atoms with E-state index in [1.807, 2.05) is 6.92 Å². The zero-order valence-electron chi connectivity index (χ0n) is 11.6. The molecule has 1 rings (SSSR count). The lowest BCUT2D eigenvalue weighted by atomic mass is 9.68. The molecule has 0 aliphatic carbocycles. The Hall–Kier alpha value is -0.120. The molecule has 3 heteroatoms. The Bertz CT molecular complexity index is 228. The molecular weight excluding hydrogens is 216 g/mol. The molecule has 1 aliphatic heterocycles. The molecule has 102 valence electrons. The minimum atomic E-state index is -0.359. The van der Waals surface area contributed by atoms with Crippen molar-refractivity contribution in [1.82, 2.24) is 0 Å². The Kier molecular flexibility index (Phi) is 5.42. The molecule has 4 atom stereocenters. The molecule has 0 saturated carbocycles. The van der Waals surface area contributed by atoms with E-state index < -0.39 is 0 Å². The van der Waals surface area contributed by atoms with Crippen molar-refractivity contribution < 1.29 is 14.9 Å². The van der Waals surface area contributed by atoms with E-state index in [9.17, 15) is 10.2 Å². The average molecular weight is 244 g/mol. The van der Waals surface area contributed by atoms with Crippen molar-refractivity contribution in [2.45, 2.75) is 71.7 Å². The summed E-state index contributed by atoms with van der Waals surface area (Å²) in [6, 6.07) is 0. The molecule has 17 heavy (non-hydrogen) atoms. The molecule has 0 aromatic heterocycles. The molecule has 3 unspecified atom stereocenters. The molecule has 2 N–H and O–H groups in total. The molecule has 0 amide bonds. The van der Waals surface area contributed by atoms with Gasteiger partial charge < -0.3 is 14.9 Å². The maximum absolute atomic E-state index is 10.3. The summed E-state index contributed by atoms with van der Waals surface area (Å²) in [5, 5.41) is 19.7. The van der Waals surface area contributed by atoms with Crippen LogP contribution in [0.1, 0.15) is 53.4 Å². The quantitative estimate of drug-likeness (QED) is 0.780. The SMILES string of the molecule is CCCCC(C)(C)C1C(CO)OC(C)C[C@H]1O. The first-order chi connectivity index (χ1) is 7.92. The van der Waals surface area contributed by atoms with Gasteiger partial charge in [0.2, 0.25) is 0 Å². The highest BCUT2D eigenvalue weighted by atomic mass is 16.5. The van der Waals surface area contributed by atoms with Crippen LogP contribution in [0.3, 0.4) is 0 Å². The van der Waals surface area contributed by atoms with Crippen molar-refractivity contribution >= 4 is 0 Å². The molecule has 0 spiro atoms. The minimum Gasteiger partial charge on any atom is -0.394 e. The summed E-state index contributed by atoms with van der Waals surface area (Å²) >= 11 is 0. The first-order valence-corrected chi connectivity index (χ1v) is 6.86. The summed E-state index contributed by atoms with van der Waals surface area (Å²) in [6.45, 7) is 8.50. The Morgan fingerprint density at radius 3 is 2.53 bits per heavy atom. The predicted octanol–water partition coefficient (Wildman–Crippen LogP) is 2.35. The van der Waals surface area contributed by atoms with E-state index in [1.165, 1.54) is 0 Å². The molecule has 3 nitrogen and oxygen atoms in total. The first-order valence-electron chi connectivity index (χ1n) is 6.86. The third-order valence-electron chi connectivity index (χ3n) is 4.05. The highest BCUT2D eigenvalue weighted by Gasteiger charge is 2.44. The van der Waals surface area contributed by atoms with Gasteiger partial charge in [0.25, 0.3) is 0 Å². The molecule has 1 aliphatic rings. The van der Waals surface area contributed by atoms with Crippen molar-refractivity contribution in [3.8, 4) is 0 Å². The van der Waals surface area contributed by atoms with Gasteiger partial charge in [0.1, 0.15) is 0 Å². The topological polar surface area (TPSA) is 49.7 Å². The van der Waals surface area contributed by atoms with Crippen LogP contribution in [-0.4, -0.2) is 35.1 Å². The Balaban J connectivity index is 2.76. The van der Waals surface area contributed by atoms with Crippen LogP contribution in [0.4, 0.5) is 0 Å². The van der Waals surface area contributed by atoms with Crippen molar-refractivity contribution in [1.29, 1.82) is 0 Å². The highest BCUT2D eigenvalue weighted by molar-refractivity contribution is 4.92. The van der Waals surface area contributed by atoms with Gasteiger partial charge in [-0.15, -0.1) is 0 Å². The van der Waals surface area contributed by atoms with Gasteiger partial charge in [-0.2, -0.15) is 0 Å². The first kappa shape index (κ1) is 14.9. The van der Waals surface area contributed by atoms with Gasteiger partial charge in [-0.3, -0.25) is 0 Å². The standard InChI is InChI=1S/C14H28O3/c1-5-6-7-14(3,4)13-11(16)8-10(2)17-12(13)9-15/h10-13,15-16H,5-9H2,1-4H3/t10?,11-,12?,13?/m1/s1. The molecule has 1 fully saturated rings. The number of hydrogen-bond donors (Lipinski definition) is 2. The number of aliphatic hydroxyl groups excluding tert-OH is 2. The molecule has 0 aromatic carbocycles.